The average Bonchev–Trinajstić information content (AvgIpc) is 2.05. The predicted octanol–water partition coefficient (Wildman–Crippen LogP) is -0.334. The van der Waals surface area contributed by atoms with Crippen LogP contribution >= 0.6 is 0 Å². The first kappa shape index (κ1) is 9.48. The topological polar surface area (TPSA) is 66.6 Å². The Balaban J connectivity index is 2.30. The second-order valence-corrected chi connectivity index (χ2v) is 3.21. The van der Waals surface area contributed by atoms with E-state index in [1.807, 2.05) is 0 Å². The molecule has 0 aromatic rings. The molecule has 0 saturated carbocycles. The zero-order valence-electron chi connectivity index (χ0n) is 7.20. The van der Waals surface area contributed by atoms with Crippen LogP contribution in [0.2, 0.25) is 0 Å². The van der Waals surface area contributed by atoms with Crippen LogP contribution in [0.25, 0.3) is 0 Å². The maximum absolute atomic E-state index is 11.3. The number of carbonyl (C=O) groups is 1. The quantitative estimate of drug-likeness (QED) is 0.560. The van der Waals surface area contributed by atoms with Gasteiger partial charge in [0.05, 0.1) is 6.42 Å². The van der Waals surface area contributed by atoms with E-state index in [1.165, 1.54) is 6.42 Å². The van der Waals surface area contributed by atoms with Gasteiger partial charge < -0.3 is 15.7 Å². The standard InChI is InChI=1S/C8H16N2O2/c9-7(11)6-8(12)10-4-2-1-3-5-10/h7,11H,1-6,9H2. The van der Waals surface area contributed by atoms with Crippen LogP contribution in [-0.2, 0) is 4.79 Å². The Bertz CT molecular complexity index is 153. The number of hydrogen-bond donors (Lipinski definition) is 2. The Morgan fingerprint density at radius 1 is 1.42 bits per heavy atom. The molecule has 0 aromatic heterocycles. The monoisotopic (exact) mass is 172 g/mol. The highest BCUT2D eigenvalue weighted by atomic mass is 16.3. The lowest BCUT2D eigenvalue weighted by Gasteiger charge is -2.27. The number of aliphatic hydroxyl groups excluding tert-OH is 1. The van der Waals surface area contributed by atoms with Crippen LogP contribution in [0.3, 0.4) is 0 Å². The molecular formula is C8H16N2O2. The zero-order valence-corrected chi connectivity index (χ0v) is 7.20. The molecule has 1 saturated heterocycles. The van der Waals surface area contributed by atoms with E-state index in [1.54, 1.807) is 4.90 Å². The smallest absolute Gasteiger partial charge is 0.226 e. The fraction of sp³-hybridized carbons (Fsp3) is 0.875. The molecule has 70 valence electrons. The number of nitrogens with two attached hydrogens (primary N) is 1. The van der Waals surface area contributed by atoms with Crippen molar-refractivity contribution >= 4 is 5.91 Å². The van der Waals surface area contributed by atoms with Crippen LogP contribution in [0.5, 0.6) is 0 Å². The molecule has 1 rings (SSSR count). The Labute approximate surface area is 72.3 Å². The molecule has 1 amide bonds. The number of aliphatic hydroxyl groups is 1. The summed E-state index contributed by atoms with van der Waals surface area (Å²) in [5, 5.41) is 8.78. The fourth-order valence-corrected chi connectivity index (χ4v) is 1.45. The Kier molecular flexibility index (Phi) is 3.49. The van der Waals surface area contributed by atoms with Gasteiger partial charge in [-0.25, -0.2) is 0 Å². The van der Waals surface area contributed by atoms with Gasteiger partial charge in [-0.15, -0.1) is 0 Å². The Morgan fingerprint density at radius 3 is 2.50 bits per heavy atom. The highest BCUT2D eigenvalue weighted by Crippen LogP contribution is 2.09. The summed E-state index contributed by atoms with van der Waals surface area (Å²) >= 11 is 0. The predicted molar refractivity (Wildman–Crippen MR) is 45.2 cm³/mol. The number of amides is 1. The molecule has 0 aromatic carbocycles. The van der Waals surface area contributed by atoms with Crippen molar-refractivity contribution in [2.24, 2.45) is 5.73 Å². The minimum atomic E-state index is -1.00. The number of rotatable bonds is 2. The van der Waals surface area contributed by atoms with Gasteiger partial charge in [-0.05, 0) is 19.3 Å². The maximum atomic E-state index is 11.3. The van der Waals surface area contributed by atoms with Crippen molar-refractivity contribution in [3.05, 3.63) is 0 Å². The molecular weight excluding hydrogens is 156 g/mol. The van der Waals surface area contributed by atoms with E-state index in [4.69, 9.17) is 10.8 Å². The summed E-state index contributed by atoms with van der Waals surface area (Å²) in [7, 11) is 0. The Morgan fingerprint density at radius 2 is 2.00 bits per heavy atom. The fourth-order valence-electron chi connectivity index (χ4n) is 1.45. The van der Waals surface area contributed by atoms with Gasteiger partial charge in [0.15, 0.2) is 0 Å². The molecule has 1 unspecified atom stereocenters. The molecule has 12 heavy (non-hydrogen) atoms. The number of piperidine rings is 1. The molecule has 0 bridgehead atoms. The first-order chi connectivity index (χ1) is 5.70. The minimum absolute atomic E-state index is 0.0234. The molecule has 0 spiro atoms. The van der Waals surface area contributed by atoms with Crippen molar-refractivity contribution in [2.75, 3.05) is 13.1 Å². The van der Waals surface area contributed by atoms with E-state index in [-0.39, 0.29) is 12.3 Å². The lowest BCUT2D eigenvalue weighted by molar-refractivity contribution is -0.134. The lowest BCUT2D eigenvalue weighted by Crippen LogP contribution is -2.38. The second kappa shape index (κ2) is 4.42. The van der Waals surface area contributed by atoms with Gasteiger partial charge in [-0.2, -0.15) is 0 Å². The molecule has 4 nitrogen and oxygen atoms in total. The van der Waals surface area contributed by atoms with Crippen LogP contribution in [-0.4, -0.2) is 35.2 Å². The summed E-state index contributed by atoms with van der Waals surface area (Å²) in [6.07, 6.45) is 2.41. The Hall–Kier alpha value is -0.610. The van der Waals surface area contributed by atoms with E-state index >= 15 is 0 Å². The van der Waals surface area contributed by atoms with Crippen LogP contribution in [0.4, 0.5) is 0 Å². The maximum Gasteiger partial charge on any atom is 0.226 e. The third-order valence-corrected chi connectivity index (χ3v) is 2.09. The third kappa shape index (κ3) is 2.79. The lowest BCUT2D eigenvalue weighted by atomic mass is 10.1. The van der Waals surface area contributed by atoms with Gasteiger partial charge in [0.25, 0.3) is 0 Å². The van der Waals surface area contributed by atoms with Crippen molar-refractivity contribution in [1.29, 1.82) is 0 Å². The van der Waals surface area contributed by atoms with Crippen molar-refractivity contribution in [3.8, 4) is 0 Å². The van der Waals surface area contributed by atoms with E-state index in [2.05, 4.69) is 0 Å². The van der Waals surface area contributed by atoms with Gasteiger partial charge in [0.1, 0.15) is 6.23 Å². The summed E-state index contributed by atoms with van der Waals surface area (Å²) in [4.78, 5) is 13.1. The average molecular weight is 172 g/mol. The summed E-state index contributed by atoms with van der Waals surface area (Å²) in [6.45, 7) is 1.65. The highest BCUT2D eigenvalue weighted by Gasteiger charge is 2.17. The normalized spacial score (nSPS) is 20.7. The van der Waals surface area contributed by atoms with Crippen molar-refractivity contribution in [3.63, 3.8) is 0 Å². The van der Waals surface area contributed by atoms with Crippen LogP contribution in [0, 0.1) is 0 Å². The van der Waals surface area contributed by atoms with Crippen LogP contribution in [0.15, 0.2) is 0 Å². The van der Waals surface area contributed by atoms with Crippen LogP contribution < -0.4 is 5.73 Å². The van der Waals surface area contributed by atoms with Gasteiger partial charge in [0.2, 0.25) is 5.91 Å². The summed E-state index contributed by atoms with van der Waals surface area (Å²) in [5.74, 6) is -0.0234. The number of carbonyl (C=O) groups excluding carboxylic acids is 1. The van der Waals surface area contributed by atoms with E-state index in [0.29, 0.717) is 0 Å². The third-order valence-electron chi connectivity index (χ3n) is 2.09. The molecule has 1 aliphatic heterocycles. The van der Waals surface area contributed by atoms with Crippen molar-refractivity contribution < 1.29 is 9.90 Å². The molecule has 0 aliphatic carbocycles. The minimum Gasteiger partial charge on any atom is -0.378 e. The molecule has 1 aliphatic rings. The van der Waals surface area contributed by atoms with E-state index < -0.39 is 6.23 Å². The van der Waals surface area contributed by atoms with Gasteiger partial charge >= 0.3 is 0 Å². The van der Waals surface area contributed by atoms with E-state index in [0.717, 1.165) is 25.9 Å². The molecule has 1 heterocycles. The first-order valence-electron chi connectivity index (χ1n) is 4.41. The molecule has 0 radical (unpaired) electrons. The second-order valence-electron chi connectivity index (χ2n) is 3.21. The number of likely N-dealkylation sites (tertiary alicyclic amines) is 1. The molecule has 4 heteroatoms. The van der Waals surface area contributed by atoms with Crippen LogP contribution in [0.1, 0.15) is 25.7 Å². The van der Waals surface area contributed by atoms with E-state index in [9.17, 15) is 4.79 Å². The highest BCUT2D eigenvalue weighted by molar-refractivity contribution is 5.76. The van der Waals surface area contributed by atoms with Gasteiger partial charge in [0, 0.05) is 13.1 Å². The van der Waals surface area contributed by atoms with Gasteiger partial charge in [-0.1, -0.05) is 0 Å². The molecule has 3 N–H and O–H groups in total. The SMILES string of the molecule is NC(O)CC(=O)N1CCCCC1. The summed E-state index contributed by atoms with van der Waals surface area (Å²) in [5.41, 5.74) is 5.11. The molecule has 1 fully saturated rings. The largest absolute Gasteiger partial charge is 0.378 e. The number of nitrogens with zero attached hydrogens (tertiary/aromatic N) is 1. The van der Waals surface area contributed by atoms with Crippen molar-refractivity contribution in [1.82, 2.24) is 4.90 Å². The first-order valence-corrected chi connectivity index (χ1v) is 4.41. The van der Waals surface area contributed by atoms with Crippen molar-refractivity contribution in [2.45, 2.75) is 31.9 Å². The zero-order chi connectivity index (χ0) is 8.97. The summed E-state index contributed by atoms with van der Waals surface area (Å²) < 4.78 is 0. The van der Waals surface area contributed by atoms with Gasteiger partial charge in [-0.3, -0.25) is 4.79 Å². The number of hydrogen-bond acceptors (Lipinski definition) is 3. The molecule has 1 atom stereocenters. The summed E-state index contributed by atoms with van der Waals surface area (Å²) in [6, 6.07) is 0.